The number of hydrogen-bond donors (Lipinski definition) is 7. The van der Waals surface area contributed by atoms with E-state index in [4.69, 9.17) is 10.5 Å². The maximum absolute atomic E-state index is 13.8. The number of allylic oxidation sites excluding steroid dienone is 2. The molecule has 0 amide bonds. The summed E-state index contributed by atoms with van der Waals surface area (Å²) in [5.74, 6) is 9.45. The van der Waals surface area contributed by atoms with E-state index in [1.54, 1.807) is 7.11 Å². The number of ketones is 2. The quantitative estimate of drug-likeness (QED) is 0.0862. The largest absolute Gasteiger partial charge is 0.396 e. The summed E-state index contributed by atoms with van der Waals surface area (Å²) in [6.45, 7) is 2.15. The minimum atomic E-state index is -0.860. The molecule has 58 heavy (non-hydrogen) atoms. The molecule has 15 atom stereocenters. The topological polar surface area (TPSA) is 184 Å². The van der Waals surface area contributed by atoms with Crippen molar-refractivity contribution >= 4 is 11.6 Å². The van der Waals surface area contributed by atoms with E-state index < -0.39 is 24.2 Å². The molecule has 6 rings (SSSR count). The Morgan fingerprint density at radius 1 is 0.897 bits per heavy atom. The van der Waals surface area contributed by atoms with Crippen molar-refractivity contribution in [1.82, 2.24) is 0 Å². The molecule has 10 nitrogen and oxygen atoms in total. The van der Waals surface area contributed by atoms with Gasteiger partial charge in [-0.3, -0.25) is 15.3 Å². The van der Waals surface area contributed by atoms with Gasteiger partial charge >= 0.3 is 0 Å². The Morgan fingerprint density at radius 3 is 2.48 bits per heavy atom. The van der Waals surface area contributed by atoms with Crippen molar-refractivity contribution < 1.29 is 45.4 Å². The van der Waals surface area contributed by atoms with Gasteiger partial charge in [0.15, 0.2) is 0 Å². The molecule has 0 aromatic heterocycles. The number of carbonyl (C=O) groups excluding carboxylic acids is 2. The Morgan fingerprint density at radius 2 is 1.71 bits per heavy atom. The zero-order valence-electron chi connectivity index (χ0n) is 35.8. The van der Waals surface area contributed by atoms with Crippen LogP contribution in [0.5, 0.6) is 0 Å². The SMILES string of the molecule is COC1CC2CCC(=O)C(C(O)CCCC(CCO)C3C[NH2+]C4CC(=O)CCC4C3)C#CC(CCC(O)CC(C=CC3CCCCC3)C3CC[NH2+]C(N)C3)C2CC1O. The van der Waals surface area contributed by atoms with E-state index in [0.29, 0.717) is 106 Å². The molecule has 0 bridgehead atoms. The standard InChI is InChI=1S/C48H79N3O7/c1-58-47-26-36-15-19-45(56)41(44(55)9-5-8-32(21-23-52)38-24-37-13-17-40(54)28-43(37)51-30-38)18-14-33(42(36)29-46(47)57)12-16-39(53)25-34(35-20-22-50-48(49)27-35)11-10-31-6-3-2-4-7-31/h10-11,31-39,41-44,46-48,50-53,55,57H,2-9,12-13,15-17,19-30,49H2,1H3/p+2. The maximum Gasteiger partial charge on any atom is 0.150 e. The molecule has 5 fully saturated rings. The first-order valence-electron chi connectivity index (χ1n) is 24.0. The van der Waals surface area contributed by atoms with Crippen LogP contribution in [-0.2, 0) is 14.3 Å². The first-order valence-corrected chi connectivity index (χ1v) is 24.0. The summed E-state index contributed by atoms with van der Waals surface area (Å²) < 4.78 is 5.71. The van der Waals surface area contributed by atoms with Gasteiger partial charge in [-0.15, -0.1) is 0 Å². The van der Waals surface area contributed by atoms with E-state index in [1.165, 1.54) is 32.1 Å². The number of fused-ring (bicyclic) bond motifs is 2. The Bertz CT molecular complexity index is 1380. The fourth-order valence-electron chi connectivity index (χ4n) is 12.5. The predicted octanol–water partition coefficient (Wildman–Crippen LogP) is 3.38. The van der Waals surface area contributed by atoms with Gasteiger partial charge in [-0.1, -0.05) is 49.7 Å². The van der Waals surface area contributed by atoms with Gasteiger partial charge in [0.2, 0.25) is 0 Å². The van der Waals surface area contributed by atoms with E-state index in [-0.39, 0.29) is 48.3 Å². The monoisotopic (exact) mass is 812 g/mol. The van der Waals surface area contributed by atoms with Crippen LogP contribution in [0.15, 0.2) is 12.2 Å². The van der Waals surface area contributed by atoms with Gasteiger partial charge in [-0.05, 0) is 119 Å². The highest BCUT2D eigenvalue weighted by atomic mass is 16.5. The number of quaternary nitrogens is 2. The molecule has 328 valence electrons. The number of piperidine rings is 2. The van der Waals surface area contributed by atoms with Crippen molar-refractivity contribution in [1.29, 1.82) is 0 Å². The van der Waals surface area contributed by atoms with Crippen LogP contribution in [0.2, 0.25) is 0 Å². The number of rotatable bonds is 17. The van der Waals surface area contributed by atoms with Gasteiger partial charge in [0.05, 0.1) is 50.0 Å². The van der Waals surface area contributed by atoms with Crippen LogP contribution in [0.4, 0.5) is 0 Å². The number of nitrogens with two attached hydrogens (primary N) is 3. The second-order valence-corrected chi connectivity index (χ2v) is 19.9. The lowest BCUT2D eigenvalue weighted by atomic mass is 9.67. The summed E-state index contributed by atoms with van der Waals surface area (Å²) in [4.78, 5) is 25.9. The van der Waals surface area contributed by atoms with Crippen molar-refractivity contribution in [2.75, 3.05) is 26.8 Å². The van der Waals surface area contributed by atoms with E-state index in [2.05, 4.69) is 34.6 Å². The van der Waals surface area contributed by atoms with E-state index in [1.807, 2.05) is 0 Å². The third-order valence-electron chi connectivity index (χ3n) is 16.1. The molecule has 2 heterocycles. The van der Waals surface area contributed by atoms with Crippen LogP contribution >= 0.6 is 0 Å². The third kappa shape index (κ3) is 12.9. The second kappa shape index (κ2) is 23.0. The lowest BCUT2D eigenvalue weighted by Gasteiger charge is -2.41. The van der Waals surface area contributed by atoms with Crippen LogP contribution in [0.1, 0.15) is 141 Å². The molecule has 10 N–H and O–H groups in total. The molecule has 10 heteroatoms. The number of ether oxygens (including phenoxy) is 1. The van der Waals surface area contributed by atoms with Crippen LogP contribution in [0, 0.1) is 71.0 Å². The fraction of sp³-hybridized carbons (Fsp3) is 0.875. The summed E-state index contributed by atoms with van der Waals surface area (Å²) in [5, 5.41) is 49.1. The molecule has 4 aliphatic carbocycles. The zero-order valence-corrected chi connectivity index (χ0v) is 35.8. The highest BCUT2D eigenvalue weighted by Crippen LogP contribution is 2.42. The Hall–Kier alpha value is -1.68. The number of aliphatic hydroxyl groups excluding tert-OH is 4. The van der Waals surface area contributed by atoms with E-state index in [9.17, 15) is 30.0 Å². The summed E-state index contributed by atoms with van der Waals surface area (Å²) in [5.41, 5.74) is 6.42. The molecule has 2 saturated heterocycles. The van der Waals surface area contributed by atoms with Gasteiger partial charge in [0, 0.05) is 57.2 Å². The van der Waals surface area contributed by atoms with Gasteiger partial charge in [0.1, 0.15) is 23.7 Å². The van der Waals surface area contributed by atoms with Crippen LogP contribution < -0.4 is 16.4 Å². The van der Waals surface area contributed by atoms with Crippen LogP contribution in [0.25, 0.3) is 0 Å². The Labute approximate surface area is 349 Å². The highest BCUT2D eigenvalue weighted by Gasteiger charge is 2.43. The van der Waals surface area contributed by atoms with Crippen molar-refractivity contribution in [2.24, 2.45) is 64.9 Å². The van der Waals surface area contributed by atoms with E-state index >= 15 is 0 Å². The van der Waals surface area contributed by atoms with E-state index in [0.717, 1.165) is 58.0 Å². The van der Waals surface area contributed by atoms with Gasteiger partial charge in [0.25, 0.3) is 0 Å². The first-order chi connectivity index (χ1) is 28.1. The number of hydrogen-bond acceptors (Lipinski definition) is 8. The summed E-state index contributed by atoms with van der Waals surface area (Å²) in [7, 11) is 1.65. The third-order valence-corrected chi connectivity index (χ3v) is 16.1. The summed E-state index contributed by atoms with van der Waals surface area (Å²) in [6, 6.07) is 0.409. The second-order valence-electron chi connectivity index (χ2n) is 19.9. The normalized spacial score (nSPS) is 37.3. The zero-order chi connectivity index (χ0) is 41.0. The fourth-order valence-corrected chi connectivity index (χ4v) is 12.5. The average Bonchev–Trinajstić information content (AvgIpc) is 3.28. The Kier molecular flexibility index (Phi) is 18.1. The van der Waals surface area contributed by atoms with Gasteiger partial charge < -0.3 is 35.8 Å². The lowest BCUT2D eigenvalue weighted by Crippen LogP contribution is -2.95. The molecule has 0 spiro atoms. The molecule has 0 aromatic rings. The maximum atomic E-state index is 13.8. The van der Waals surface area contributed by atoms with Crippen LogP contribution in [-0.4, -0.2) is 95.4 Å². The minimum Gasteiger partial charge on any atom is -0.396 e. The van der Waals surface area contributed by atoms with Gasteiger partial charge in [-0.25, -0.2) is 0 Å². The molecule has 0 radical (unpaired) electrons. The average molecular weight is 812 g/mol. The molecule has 0 aromatic carbocycles. The number of methoxy groups -OCH3 is 1. The van der Waals surface area contributed by atoms with Crippen LogP contribution in [0.3, 0.4) is 0 Å². The molecule has 2 aliphatic heterocycles. The summed E-state index contributed by atoms with van der Waals surface area (Å²) in [6.07, 6.45) is 21.9. The number of carbonyl (C=O) groups is 2. The Balaban J connectivity index is 1.10. The number of aliphatic hydroxyl groups is 4. The van der Waals surface area contributed by atoms with Crippen molar-refractivity contribution in [2.45, 2.75) is 178 Å². The lowest BCUT2D eigenvalue weighted by molar-refractivity contribution is -0.712. The molecule has 3 saturated carbocycles. The smallest absolute Gasteiger partial charge is 0.150 e. The van der Waals surface area contributed by atoms with Crippen molar-refractivity contribution in [3.05, 3.63) is 12.2 Å². The first kappa shape index (κ1) is 45.8. The number of Topliss-reactive ketones (excluding diaryl/α,β-unsaturated/α-hetero) is 2. The molecular weight excluding hydrogens is 731 g/mol. The predicted molar refractivity (Wildman–Crippen MR) is 225 cm³/mol. The molecular formula is C48H81N3O7+2. The highest BCUT2D eigenvalue weighted by molar-refractivity contribution is 5.84. The minimum absolute atomic E-state index is 0.00160. The molecule has 6 aliphatic rings. The van der Waals surface area contributed by atoms with Gasteiger partial charge in [-0.2, -0.15) is 0 Å². The van der Waals surface area contributed by atoms with Crippen molar-refractivity contribution in [3.8, 4) is 11.8 Å². The van der Waals surface area contributed by atoms with Crippen molar-refractivity contribution in [3.63, 3.8) is 0 Å². The summed E-state index contributed by atoms with van der Waals surface area (Å²) >= 11 is 0. The molecule has 15 unspecified atom stereocenters.